The van der Waals surface area contributed by atoms with Gasteiger partial charge < -0.3 is 0 Å². The van der Waals surface area contributed by atoms with Crippen molar-refractivity contribution in [3.63, 3.8) is 0 Å². The highest BCUT2D eigenvalue weighted by Gasteiger charge is 1.84. The zero-order chi connectivity index (χ0) is 4.24. The molecule has 3 nitrogen and oxygen atoms in total. The van der Waals surface area contributed by atoms with E-state index in [-0.39, 0.29) is 0 Å². The van der Waals surface area contributed by atoms with E-state index in [2.05, 4.69) is 15.3 Å². The molecule has 0 aromatic rings. The van der Waals surface area contributed by atoms with Crippen molar-refractivity contribution in [3.8, 4) is 0 Å². The Bertz CT molecular complexity index is 53.8. The Morgan fingerprint density at radius 2 is 2.83 bits per heavy atom. The Kier molecular flexibility index (Phi) is 1.19. The third-order valence-corrected chi connectivity index (χ3v) is 0.545. The molecule has 0 fully saturated rings. The van der Waals surface area contributed by atoms with E-state index < -0.39 is 0 Å². The molecule has 0 aromatic heterocycles. The molecule has 0 aromatic carbocycles. The number of rotatable bonds is 0. The second-order valence-corrected chi connectivity index (χ2v) is 0.987. The minimum atomic E-state index is 0.458. The standard InChI is InChI=1S/C3H6N2O/c1-2-5-6-3-4-1/h1,5H,2-3H2. The predicted octanol–water partition coefficient (Wildman–Crippen LogP) is -0.451. The largest absolute Gasteiger partial charge is 0.278 e. The Hall–Kier alpha value is -0.410. The van der Waals surface area contributed by atoms with Crippen LogP contribution in [-0.4, -0.2) is 19.5 Å². The van der Waals surface area contributed by atoms with E-state index in [1.54, 1.807) is 6.21 Å². The summed E-state index contributed by atoms with van der Waals surface area (Å²) in [4.78, 5) is 8.39. The third-order valence-electron chi connectivity index (χ3n) is 0.545. The second kappa shape index (κ2) is 1.89. The highest BCUT2D eigenvalue weighted by Crippen LogP contribution is 1.72. The number of nitrogens with one attached hydrogen (secondary N) is 1. The first kappa shape index (κ1) is 3.77. The Labute approximate surface area is 36.0 Å². The van der Waals surface area contributed by atoms with Gasteiger partial charge in [0.1, 0.15) is 0 Å². The SMILES string of the molecule is C1=NCONC1. The Morgan fingerprint density at radius 1 is 1.83 bits per heavy atom. The molecule has 0 bridgehead atoms. The molecule has 0 saturated carbocycles. The van der Waals surface area contributed by atoms with Crippen molar-refractivity contribution in [1.82, 2.24) is 5.48 Å². The number of hydroxylamine groups is 1. The van der Waals surface area contributed by atoms with Gasteiger partial charge in [-0.2, -0.15) is 5.48 Å². The van der Waals surface area contributed by atoms with Crippen LogP contribution in [0.5, 0.6) is 0 Å². The third kappa shape index (κ3) is 0.771. The summed E-state index contributed by atoms with van der Waals surface area (Å²) in [5.41, 5.74) is 2.64. The molecule has 0 saturated heterocycles. The van der Waals surface area contributed by atoms with E-state index >= 15 is 0 Å². The highest BCUT2D eigenvalue weighted by molar-refractivity contribution is 5.59. The fraction of sp³-hybridized carbons (Fsp3) is 0.667. The van der Waals surface area contributed by atoms with Crippen LogP contribution >= 0.6 is 0 Å². The molecule has 1 N–H and O–H groups in total. The molecule has 1 rings (SSSR count). The smallest absolute Gasteiger partial charge is 0.157 e. The molecule has 0 unspecified atom stereocenters. The normalized spacial score (nSPS) is 21.3. The van der Waals surface area contributed by atoms with Crippen molar-refractivity contribution < 1.29 is 4.84 Å². The number of nitrogens with zero attached hydrogens (tertiary/aromatic N) is 1. The number of hydrogen-bond acceptors (Lipinski definition) is 3. The van der Waals surface area contributed by atoms with Crippen LogP contribution in [0.1, 0.15) is 0 Å². The van der Waals surface area contributed by atoms with Gasteiger partial charge in [0.15, 0.2) is 6.73 Å². The first-order valence-corrected chi connectivity index (χ1v) is 1.83. The van der Waals surface area contributed by atoms with E-state index in [0.717, 1.165) is 6.54 Å². The molecular weight excluding hydrogens is 80.0 g/mol. The van der Waals surface area contributed by atoms with E-state index in [0.29, 0.717) is 6.73 Å². The van der Waals surface area contributed by atoms with Gasteiger partial charge in [-0.1, -0.05) is 0 Å². The first-order chi connectivity index (χ1) is 3.00. The molecule has 34 valence electrons. The molecular formula is C3H6N2O. The van der Waals surface area contributed by atoms with Crippen molar-refractivity contribution in [1.29, 1.82) is 0 Å². The lowest BCUT2D eigenvalue weighted by atomic mass is 10.7. The molecule has 0 amide bonds. The molecule has 1 heterocycles. The quantitative estimate of drug-likeness (QED) is 0.433. The van der Waals surface area contributed by atoms with Crippen molar-refractivity contribution in [2.45, 2.75) is 0 Å². The van der Waals surface area contributed by atoms with E-state index in [1.807, 2.05) is 0 Å². The van der Waals surface area contributed by atoms with Gasteiger partial charge in [0.25, 0.3) is 0 Å². The van der Waals surface area contributed by atoms with Gasteiger partial charge in [-0.05, 0) is 0 Å². The maximum atomic E-state index is 4.62. The van der Waals surface area contributed by atoms with Gasteiger partial charge in [0.2, 0.25) is 0 Å². The lowest BCUT2D eigenvalue weighted by Crippen LogP contribution is -2.21. The number of aliphatic imine (C=N–C) groups is 1. The first-order valence-electron chi connectivity index (χ1n) is 1.83. The maximum Gasteiger partial charge on any atom is 0.157 e. The van der Waals surface area contributed by atoms with Gasteiger partial charge in [0, 0.05) is 6.21 Å². The molecule has 0 radical (unpaired) electrons. The van der Waals surface area contributed by atoms with Gasteiger partial charge in [-0.25, -0.2) is 0 Å². The van der Waals surface area contributed by atoms with Crippen LogP contribution in [0.3, 0.4) is 0 Å². The summed E-state index contributed by atoms with van der Waals surface area (Å²) in [5.74, 6) is 0. The topological polar surface area (TPSA) is 33.6 Å². The fourth-order valence-corrected chi connectivity index (χ4v) is 0.296. The lowest BCUT2D eigenvalue weighted by molar-refractivity contribution is 0.0501. The molecule has 3 heteroatoms. The summed E-state index contributed by atoms with van der Waals surface area (Å²) >= 11 is 0. The minimum absolute atomic E-state index is 0.458. The summed E-state index contributed by atoms with van der Waals surface area (Å²) < 4.78 is 0. The lowest BCUT2D eigenvalue weighted by Gasteiger charge is -2.02. The van der Waals surface area contributed by atoms with E-state index in [4.69, 9.17) is 0 Å². The van der Waals surface area contributed by atoms with Crippen molar-refractivity contribution in [2.24, 2.45) is 4.99 Å². The van der Waals surface area contributed by atoms with Gasteiger partial charge in [0.05, 0.1) is 6.54 Å². The van der Waals surface area contributed by atoms with E-state index in [1.165, 1.54) is 0 Å². The predicted molar refractivity (Wildman–Crippen MR) is 22.4 cm³/mol. The summed E-state index contributed by atoms with van der Waals surface area (Å²) in [6, 6.07) is 0. The minimum Gasteiger partial charge on any atom is -0.278 e. The average molecular weight is 86.1 g/mol. The Morgan fingerprint density at radius 3 is 3.00 bits per heavy atom. The summed E-state index contributed by atoms with van der Waals surface area (Å²) in [6.07, 6.45) is 1.78. The zero-order valence-corrected chi connectivity index (χ0v) is 3.35. The molecule has 0 atom stereocenters. The van der Waals surface area contributed by atoms with Crippen LogP contribution in [0.2, 0.25) is 0 Å². The van der Waals surface area contributed by atoms with E-state index in [9.17, 15) is 0 Å². The van der Waals surface area contributed by atoms with Gasteiger partial charge in [-0.3, -0.25) is 9.83 Å². The molecule has 1 aliphatic rings. The highest BCUT2D eigenvalue weighted by atomic mass is 16.7. The Balaban J connectivity index is 2.26. The van der Waals surface area contributed by atoms with Crippen LogP contribution in [0.25, 0.3) is 0 Å². The molecule has 0 spiro atoms. The average Bonchev–Trinajstić information content (AvgIpc) is 1.72. The van der Waals surface area contributed by atoms with Gasteiger partial charge >= 0.3 is 0 Å². The van der Waals surface area contributed by atoms with Crippen LogP contribution in [0.4, 0.5) is 0 Å². The number of hydrogen-bond donors (Lipinski definition) is 1. The van der Waals surface area contributed by atoms with Crippen LogP contribution in [0.15, 0.2) is 4.99 Å². The summed E-state index contributed by atoms with van der Waals surface area (Å²) in [6.45, 7) is 1.19. The van der Waals surface area contributed by atoms with Crippen molar-refractivity contribution >= 4 is 6.21 Å². The second-order valence-electron chi connectivity index (χ2n) is 0.987. The molecule has 0 aliphatic carbocycles. The summed E-state index contributed by atoms with van der Waals surface area (Å²) in [5, 5.41) is 0. The fourth-order valence-electron chi connectivity index (χ4n) is 0.296. The maximum absolute atomic E-state index is 4.62. The van der Waals surface area contributed by atoms with Gasteiger partial charge in [-0.15, -0.1) is 0 Å². The van der Waals surface area contributed by atoms with Crippen LogP contribution < -0.4 is 5.48 Å². The summed E-state index contributed by atoms with van der Waals surface area (Å²) in [7, 11) is 0. The molecule has 1 aliphatic heterocycles. The van der Waals surface area contributed by atoms with Crippen LogP contribution in [-0.2, 0) is 4.84 Å². The molecule has 6 heavy (non-hydrogen) atoms. The van der Waals surface area contributed by atoms with Crippen LogP contribution in [0, 0.1) is 0 Å². The zero-order valence-electron chi connectivity index (χ0n) is 3.35. The monoisotopic (exact) mass is 86.0 g/mol. The van der Waals surface area contributed by atoms with Crippen molar-refractivity contribution in [3.05, 3.63) is 0 Å². The van der Waals surface area contributed by atoms with Crippen molar-refractivity contribution in [2.75, 3.05) is 13.3 Å².